The average Bonchev–Trinajstić information content (AvgIpc) is 3.60. The lowest BCUT2D eigenvalue weighted by atomic mass is 9.95. The van der Waals surface area contributed by atoms with Gasteiger partial charge in [-0.2, -0.15) is 9.97 Å². The molecule has 0 spiro atoms. The van der Waals surface area contributed by atoms with E-state index in [0.717, 1.165) is 73.0 Å². The molecule has 0 unspecified atom stereocenters. The summed E-state index contributed by atoms with van der Waals surface area (Å²) in [6.45, 7) is 3.52. The first-order valence-electron chi connectivity index (χ1n) is 15.0. The van der Waals surface area contributed by atoms with Crippen molar-refractivity contribution in [2.75, 3.05) is 44.8 Å². The highest BCUT2D eigenvalue weighted by Crippen LogP contribution is 2.43. The molecule has 4 aliphatic heterocycles. The van der Waals surface area contributed by atoms with E-state index in [4.69, 9.17) is 24.4 Å². The number of anilines is 1. The van der Waals surface area contributed by atoms with Gasteiger partial charge in [-0.05, 0) is 66.8 Å². The van der Waals surface area contributed by atoms with Crippen molar-refractivity contribution in [1.82, 2.24) is 25.2 Å². The number of aromatic hydroxyl groups is 1. The monoisotopic (exact) mass is 570 g/mol. The Morgan fingerprint density at radius 1 is 1.07 bits per heavy atom. The van der Waals surface area contributed by atoms with Crippen molar-refractivity contribution in [2.45, 2.75) is 55.9 Å². The molecule has 4 aromatic rings. The quantitative estimate of drug-likeness (QED) is 0.349. The summed E-state index contributed by atoms with van der Waals surface area (Å²) < 4.78 is 26.7. The van der Waals surface area contributed by atoms with Gasteiger partial charge >= 0.3 is 6.01 Å². The molecule has 4 fully saturated rings. The van der Waals surface area contributed by atoms with Crippen molar-refractivity contribution in [3.8, 4) is 28.8 Å². The van der Waals surface area contributed by atoms with Crippen molar-refractivity contribution in [3.63, 3.8) is 0 Å². The molecule has 4 saturated heterocycles. The molecule has 2 N–H and O–H groups in total. The molecule has 0 amide bonds. The lowest BCUT2D eigenvalue weighted by molar-refractivity contribution is 0.107. The predicted octanol–water partition coefficient (Wildman–Crippen LogP) is 4.46. The predicted molar refractivity (Wildman–Crippen MR) is 159 cm³/mol. The van der Waals surface area contributed by atoms with Crippen LogP contribution in [0.2, 0.25) is 0 Å². The number of nitrogens with one attached hydrogen (secondary N) is 1. The zero-order valence-corrected chi connectivity index (χ0v) is 23.7. The summed E-state index contributed by atoms with van der Waals surface area (Å²) in [5.41, 5.74) is 2.55. The summed E-state index contributed by atoms with van der Waals surface area (Å²) in [5, 5.41) is 16.0. The number of halogens is 1. The van der Waals surface area contributed by atoms with Crippen LogP contribution in [0.25, 0.3) is 32.9 Å². The molecule has 8 rings (SSSR count). The number of phenols is 1. The number of hydrogen-bond donors (Lipinski definition) is 2. The maximum atomic E-state index is 14.5. The number of fused-ring (bicyclic) bond motifs is 5. The van der Waals surface area contributed by atoms with E-state index in [1.807, 2.05) is 30.3 Å². The standard InChI is InChI=1S/C32H35FN6O3/c1-41-30-26(25-12-23(40)11-19-5-2-3-6-24(19)25)13-27-28(36-30)29(39-21-7-8-22(39)16-34-15-21)37-31(35-27)42-18-32-9-4-10-38(32)17-20(33)14-32/h2-3,5-6,11-13,20-22,34,40H,4,7-10,14-18H2,1H3/t20-,21-,22+,32+/m1/s1. The molecule has 218 valence electrons. The largest absolute Gasteiger partial charge is 0.508 e. The number of pyridine rings is 1. The van der Waals surface area contributed by atoms with Crippen molar-refractivity contribution in [3.05, 3.63) is 42.5 Å². The molecule has 4 atom stereocenters. The van der Waals surface area contributed by atoms with Crippen LogP contribution >= 0.6 is 0 Å². The third-order valence-corrected chi connectivity index (χ3v) is 9.78. The third-order valence-electron chi connectivity index (χ3n) is 9.78. The van der Waals surface area contributed by atoms with Crippen LogP contribution in [0.4, 0.5) is 10.2 Å². The van der Waals surface area contributed by atoms with Crippen LogP contribution < -0.4 is 19.7 Å². The van der Waals surface area contributed by atoms with Crippen molar-refractivity contribution >= 4 is 27.6 Å². The Labute approximate surface area is 243 Å². The topological polar surface area (TPSA) is 95.9 Å². The molecular formula is C32H35FN6O3. The van der Waals surface area contributed by atoms with Gasteiger partial charge < -0.3 is 24.8 Å². The minimum Gasteiger partial charge on any atom is -0.508 e. The molecule has 9 nitrogen and oxygen atoms in total. The molecule has 0 aliphatic carbocycles. The molecule has 10 heteroatoms. The van der Waals surface area contributed by atoms with Crippen LogP contribution in [0.1, 0.15) is 32.1 Å². The summed E-state index contributed by atoms with van der Waals surface area (Å²) in [6, 6.07) is 14.3. The first-order chi connectivity index (χ1) is 20.5. The summed E-state index contributed by atoms with van der Waals surface area (Å²) in [7, 11) is 1.61. The molecule has 2 aromatic heterocycles. The molecule has 4 aliphatic rings. The van der Waals surface area contributed by atoms with Gasteiger partial charge in [0.15, 0.2) is 5.82 Å². The van der Waals surface area contributed by atoms with E-state index in [1.165, 1.54) is 0 Å². The van der Waals surface area contributed by atoms with Crippen LogP contribution in [-0.4, -0.2) is 88.6 Å². The summed E-state index contributed by atoms with van der Waals surface area (Å²) in [4.78, 5) is 19.5. The van der Waals surface area contributed by atoms with Crippen LogP contribution in [0.3, 0.4) is 0 Å². The van der Waals surface area contributed by atoms with Crippen molar-refractivity contribution < 1.29 is 19.0 Å². The molecule has 2 bridgehead atoms. The fraction of sp³-hybridized carbons (Fsp3) is 0.469. The van der Waals surface area contributed by atoms with Gasteiger partial charge in [0.2, 0.25) is 5.88 Å². The maximum Gasteiger partial charge on any atom is 0.319 e. The SMILES string of the molecule is COc1nc2c(N3[C@@H]4CC[C@H]3CNC4)nc(OC[C@@]34CCCN3C[C@H](F)C4)nc2cc1-c1cc(O)cc2ccccc12. The number of rotatable bonds is 6. The molecule has 2 aromatic carbocycles. The number of nitrogens with zero attached hydrogens (tertiary/aromatic N) is 5. The minimum absolute atomic E-state index is 0.166. The number of alkyl halides is 1. The molecule has 6 heterocycles. The van der Waals surface area contributed by atoms with Crippen molar-refractivity contribution in [2.24, 2.45) is 0 Å². The van der Waals surface area contributed by atoms with Gasteiger partial charge in [-0.1, -0.05) is 24.3 Å². The molecule has 0 radical (unpaired) electrons. The van der Waals surface area contributed by atoms with E-state index < -0.39 is 6.17 Å². The van der Waals surface area contributed by atoms with E-state index in [9.17, 15) is 9.50 Å². The number of ether oxygens (including phenoxy) is 2. The lowest BCUT2D eigenvalue weighted by Gasteiger charge is -2.36. The Kier molecular flexibility index (Phi) is 6.12. The highest BCUT2D eigenvalue weighted by Gasteiger charge is 2.49. The smallest absolute Gasteiger partial charge is 0.319 e. The first-order valence-corrected chi connectivity index (χ1v) is 15.0. The van der Waals surface area contributed by atoms with Crippen LogP contribution in [0.5, 0.6) is 17.6 Å². The van der Waals surface area contributed by atoms with Crippen LogP contribution in [0.15, 0.2) is 42.5 Å². The molecule has 0 saturated carbocycles. The number of hydrogen-bond acceptors (Lipinski definition) is 9. The van der Waals surface area contributed by atoms with E-state index in [1.54, 1.807) is 19.2 Å². The van der Waals surface area contributed by atoms with E-state index >= 15 is 0 Å². The van der Waals surface area contributed by atoms with Gasteiger partial charge in [0.05, 0.1) is 18.2 Å². The summed E-state index contributed by atoms with van der Waals surface area (Å²) >= 11 is 0. The Hall–Kier alpha value is -3.76. The number of phenolic OH excluding ortho intramolecular Hbond substituents is 1. The fourth-order valence-electron chi connectivity index (χ4n) is 7.89. The lowest BCUT2D eigenvalue weighted by Crippen LogP contribution is -2.52. The second-order valence-electron chi connectivity index (χ2n) is 12.3. The second kappa shape index (κ2) is 9.91. The van der Waals surface area contributed by atoms with Crippen LogP contribution in [0, 0.1) is 0 Å². The molecule has 42 heavy (non-hydrogen) atoms. The number of benzene rings is 2. The van der Waals surface area contributed by atoms with Crippen LogP contribution in [-0.2, 0) is 0 Å². The van der Waals surface area contributed by atoms with Gasteiger partial charge in [0.1, 0.15) is 24.0 Å². The van der Waals surface area contributed by atoms with E-state index in [-0.39, 0.29) is 17.3 Å². The van der Waals surface area contributed by atoms with E-state index in [0.29, 0.717) is 48.6 Å². The van der Waals surface area contributed by atoms with E-state index in [2.05, 4.69) is 15.1 Å². The summed E-state index contributed by atoms with van der Waals surface area (Å²) in [6.07, 6.45) is 3.80. The van der Waals surface area contributed by atoms with Gasteiger partial charge in [-0.3, -0.25) is 4.90 Å². The number of methoxy groups -OCH3 is 1. The zero-order valence-electron chi connectivity index (χ0n) is 23.7. The average molecular weight is 571 g/mol. The molecular weight excluding hydrogens is 535 g/mol. The zero-order chi connectivity index (χ0) is 28.4. The number of piperazine rings is 1. The fourth-order valence-corrected chi connectivity index (χ4v) is 7.89. The van der Waals surface area contributed by atoms with Gasteiger partial charge in [-0.15, -0.1) is 0 Å². The Balaban J connectivity index is 1.28. The second-order valence-corrected chi connectivity index (χ2v) is 12.3. The highest BCUT2D eigenvalue weighted by molar-refractivity contribution is 6.01. The Morgan fingerprint density at radius 2 is 1.90 bits per heavy atom. The van der Waals surface area contributed by atoms with Gasteiger partial charge in [0.25, 0.3) is 0 Å². The Morgan fingerprint density at radius 3 is 2.74 bits per heavy atom. The minimum atomic E-state index is -0.824. The third kappa shape index (κ3) is 4.14. The number of aromatic nitrogens is 3. The highest BCUT2D eigenvalue weighted by atomic mass is 19.1. The normalized spacial score (nSPS) is 27.2. The first kappa shape index (κ1) is 25.9. The summed E-state index contributed by atoms with van der Waals surface area (Å²) in [5.74, 6) is 1.36. The van der Waals surface area contributed by atoms with Gasteiger partial charge in [-0.25, -0.2) is 9.37 Å². The Bertz CT molecular complexity index is 1670. The maximum absolute atomic E-state index is 14.5. The van der Waals surface area contributed by atoms with Gasteiger partial charge in [0, 0.05) is 43.7 Å². The van der Waals surface area contributed by atoms with Crippen molar-refractivity contribution in [1.29, 1.82) is 0 Å².